The highest BCUT2D eigenvalue weighted by molar-refractivity contribution is 7.47. The van der Waals surface area contributed by atoms with E-state index in [9.17, 15) is 38.9 Å². The molecule has 5 atom stereocenters. The van der Waals surface area contributed by atoms with Gasteiger partial charge in [-0.3, -0.25) is 23.2 Å². The van der Waals surface area contributed by atoms with Gasteiger partial charge in [-0.2, -0.15) is 0 Å². The first-order chi connectivity index (χ1) is 27.5. The van der Waals surface area contributed by atoms with Crippen LogP contribution in [0.25, 0.3) is 0 Å². The second kappa shape index (κ2) is 35.7. The van der Waals surface area contributed by atoms with Gasteiger partial charge in [-0.1, -0.05) is 127 Å². The van der Waals surface area contributed by atoms with Crippen molar-refractivity contribution in [2.24, 2.45) is 5.92 Å². The molecule has 0 aromatic rings. The van der Waals surface area contributed by atoms with Crippen molar-refractivity contribution in [1.82, 2.24) is 0 Å². The molecule has 0 bridgehead atoms. The Balaban J connectivity index is 4.77. The standard InChI is InChI=1S/C41H74O15P2/c1-4-5-6-7-8-9-10-11-14-17-20-23-27-38(43)39(44)28-25-30-40(45)52-33-37(34-55-58(50,51)54-32-36(42)31-53-57(47,48)49)56-41(46)29-24-21-18-15-12-13-16-19-22-26-35(2)3/h5-6,8-9,11,14,20,23,35-39,42-44H,4,7,10,12-13,15-19,21-22,24-34H2,1-3H3,(H,50,51)(H2,47,48,49)/b6-5-,9-8-,14-11-,23-20-/t36-,37+,38-,39-/m0/s1. The summed E-state index contributed by atoms with van der Waals surface area (Å²) in [5.74, 6) is -0.588. The molecule has 0 heterocycles. The van der Waals surface area contributed by atoms with E-state index in [2.05, 4.69) is 60.2 Å². The zero-order valence-electron chi connectivity index (χ0n) is 35.0. The van der Waals surface area contributed by atoms with Crippen LogP contribution >= 0.6 is 15.6 Å². The second-order valence-electron chi connectivity index (χ2n) is 14.7. The van der Waals surface area contributed by atoms with E-state index in [1.165, 1.54) is 32.1 Å². The Morgan fingerprint density at radius 3 is 1.64 bits per heavy atom. The highest BCUT2D eigenvalue weighted by atomic mass is 31.2. The minimum Gasteiger partial charge on any atom is -0.462 e. The lowest BCUT2D eigenvalue weighted by atomic mass is 10.0. The fraction of sp³-hybridized carbons (Fsp3) is 0.756. The van der Waals surface area contributed by atoms with Crippen molar-refractivity contribution in [3.63, 3.8) is 0 Å². The summed E-state index contributed by atoms with van der Waals surface area (Å²) >= 11 is 0. The number of esters is 2. The van der Waals surface area contributed by atoms with E-state index in [0.717, 1.165) is 50.9 Å². The normalized spacial score (nSPS) is 15.8. The highest BCUT2D eigenvalue weighted by Crippen LogP contribution is 2.43. The number of hydrogen-bond donors (Lipinski definition) is 6. The van der Waals surface area contributed by atoms with Crippen molar-refractivity contribution in [1.29, 1.82) is 0 Å². The van der Waals surface area contributed by atoms with Crippen LogP contribution < -0.4 is 0 Å². The SMILES string of the molecule is CC/C=C\C/C=C\C/C=C\C/C=C\C[C@H](O)[C@@H](O)CCCC(=O)OC[C@H](COP(=O)(O)OC[C@@H](O)COP(=O)(O)O)OC(=O)CCCCCCCCCCCC(C)C. The molecule has 0 radical (unpaired) electrons. The van der Waals surface area contributed by atoms with Gasteiger partial charge in [-0.15, -0.1) is 0 Å². The smallest absolute Gasteiger partial charge is 0.462 e. The molecule has 0 aromatic carbocycles. The Kier molecular flexibility index (Phi) is 34.5. The van der Waals surface area contributed by atoms with Crippen LogP contribution in [-0.2, 0) is 41.8 Å². The Hall–Kier alpha value is -2.00. The summed E-state index contributed by atoms with van der Waals surface area (Å²) in [6.45, 7) is 3.56. The predicted molar refractivity (Wildman–Crippen MR) is 223 cm³/mol. The number of carbonyl (C=O) groups is 2. The molecular weight excluding hydrogens is 794 g/mol. The molecule has 17 heteroatoms. The van der Waals surface area contributed by atoms with Gasteiger partial charge in [0.15, 0.2) is 6.10 Å². The number of allylic oxidation sites excluding steroid dienone is 7. The van der Waals surface area contributed by atoms with Crippen LogP contribution in [0.2, 0.25) is 0 Å². The molecule has 58 heavy (non-hydrogen) atoms. The first-order valence-corrected chi connectivity index (χ1v) is 23.9. The van der Waals surface area contributed by atoms with Crippen LogP contribution in [0, 0.1) is 5.92 Å². The Bertz CT molecular complexity index is 1260. The fourth-order valence-corrected chi connectivity index (χ4v) is 6.48. The third-order valence-corrected chi connectivity index (χ3v) is 10.0. The molecule has 0 aromatic heterocycles. The number of aliphatic hydroxyl groups is 3. The molecule has 6 N–H and O–H groups in total. The summed E-state index contributed by atoms with van der Waals surface area (Å²) in [6.07, 6.45) is 25.9. The van der Waals surface area contributed by atoms with E-state index in [1.807, 2.05) is 12.2 Å². The van der Waals surface area contributed by atoms with Gasteiger partial charge in [-0.25, -0.2) is 9.13 Å². The molecule has 0 aliphatic rings. The van der Waals surface area contributed by atoms with Gasteiger partial charge in [0.25, 0.3) is 0 Å². The van der Waals surface area contributed by atoms with Gasteiger partial charge in [0.2, 0.25) is 0 Å². The third kappa shape index (κ3) is 38.2. The van der Waals surface area contributed by atoms with Crippen molar-refractivity contribution in [2.75, 3.05) is 26.4 Å². The van der Waals surface area contributed by atoms with Gasteiger partial charge >= 0.3 is 27.6 Å². The lowest BCUT2D eigenvalue weighted by Crippen LogP contribution is -2.30. The third-order valence-electron chi connectivity index (χ3n) is 8.60. The summed E-state index contributed by atoms with van der Waals surface area (Å²) in [6, 6.07) is 0. The van der Waals surface area contributed by atoms with Crippen LogP contribution in [0.3, 0.4) is 0 Å². The minimum absolute atomic E-state index is 0.0693. The summed E-state index contributed by atoms with van der Waals surface area (Å²) in [5.41, 5.74) is 0. The zero-order chi connectivity index (χ0) is 43.5. The molecule has 1 unspecified atom stereocenters. The molecule has 15 nitrogen and oxygen atoms in total. The second-order valence-corrected chi connectivity index (χ2v) is 17.4. The summed E-state index contributed by atoms with van der Waals surface area (Å²) in [4.78, 5) is 52.6. The van der Waals surface area contributed by atoms with Crippen molar-refractivity contribution in [3.8, 4) is 0 Å². The van der Waals surface area contributed by atoms with Crippen LogP contribution in [0.4, 0.5) is 0 Å². The molecule has 0 saturated heterocycles. The van der Waals surface area contributed by atoms with E-state index in [0.29, 0.717) is 12.8 Å². The van der Waals surface area contributed by atoms with Crippen molar-refractivity contribution < 1.29 is 71.8 Å². The average Bonchev–Trinajstić information content (AvgIpc) is 3.16. The molecule has 0 aliphatic heterocycles. The van der Waals surface area contributed by atoms with Gasteiger partial charge in [0.05, 0.1) is 32.0 Å². The molecule has 338 valence electrons. The van der Waals surface area contributed by atoms with Crippen molar-refractivity contribution in [3.05, 3.63) is 48.6 Å². The molecule has 0 aliphatic carbocycles. The highest BCUT2D eigenvalue weighted by Gasteiger charge is 2.28. The number of phosphoric ester groups is 2. The van der Waals surface area contributed by atoms with E-state index in [-0.39, 0.29) is 32.1 Å². The van der Waals surface area contributed by atoms with E-state index < -0.39 is 78.4 Å². The Morgan fingerprint density at radius 1 is 0.569 bits per heavy atom. The van der Waals surface area contributed by atoms with Gasteiger partial charge in [0, 0.05) is 12.8 Å². The maximum Gasteiger partial charge on any atom is 0.472 e. The number of aliphatic hydroxyl groups excluding tert-OH is 3. The van der Waals surface area contributed by atoms with Crippen molar-refractivity contribution >= 4 is 27.6 Å². The molecule has 0 amide bonds. The summed E-state index contributed by atoms with van der Waals surface area (Å²) in [5, 5.41) is 30.4. The number of rotatable bonds is 38. The first kappa shape index (κ1) is 56.0. The quantitative estimate of drug-likeness (QED) is 0.0149. The maximum absolute atomic E-state index is 12.6. The van der Waals surface area contributed by atoms with Crippen molar-refractivity contribution in [2.45, 2.75) is 167 Å². The number of hydrogen-bond acceptors (Lipinski definition) is 12. The monoisotopic (exact) mass is 868 g/mol. The summed E-state index contributed by atoms with van der Waals surface area (Å²) < 4.78 is 47.5. The van der Waals surface area contributed by atoms with Gasteiger partial charge in [-0.05, 0) is 57.3 Å². The minimum atomic E-state index is -4.89. The van der Waals surface area contributed by atoms with Crippen LogP contribution in [0.1, 0.15) is 143 Å². The number of unbranched alkanes of at least 4 members (excludes halogenated alkanes) is 8. The molecule has 0 rings (SSSR count). The lowest BCUT2D eigenvalue weighted by molar-refractivity contribution is -0.161. The van der Waals surface area contributed by atoms with Gasteiger partial charge < -0.3 is 39.5 Å². The largest absolute Gasteiger partial charge is 0.472 e. The fourth-order valence-electron chi connectivity index (χ4n) is 5.32. The van der Waals surface area contributed by atoms with Crippen LogP contribution in [-0.4, -0.2) is 92.8 Å². The Labute approximate surface area is 346 Å². The number of phosphoric acid groups is 2. The molecule has 0 spiro atoms. The lowest BCUT2D eigenvalue weighted by Gasteiger charge is -2.20. The predicted octanol–water partition coefficient (Wildman–Crippen LogP) is 8.08. The molecular formula is C41H74O15P2. The number of ether oxygens (including phenoxy) is 2. The maximum atomic E-state index is 12.6. The first-order valence-electron chi connectivity index (χ1n) is 20.9. The van der Waals surface area contributed by atoms with E-state index in [4.69, 9.17) is 23.8 Å². The van der Waals surface area contributed by atoms with Gasteiger partial charge in [0.1, 0.15) is 12.7 Å². The topological polar surface area (TPSA) is 236 Å². The van der Waals surface area contributed by atoms with Crippen LogP contribution in [0.5, 0.6) is 0 Å². The average molecular weight is 869 g/mol. The summed E-state index contributed by atoms with van der Waals surface area (Å²) in [7, 11) is -9.76. The van der Waals surface area contributed by atoms with E-state index in [1.54, 1.807) is 6.08 Å². The Morgan fingerprint density at radius 2 is 1.07 bits per heavy atom. The molecule has 0 fully saturated rings. The molecule has 0 saturated carbocycles. The zero-order valence-corrected chi connectivity index (χ0v) is 36.8. The van der Waals surface area contributed by atoms with E-state index >= 15 is 0 Å². The van der Waals surface area contributed by atoms with Crippen LogP contribution in [0.15, 0.2) is 48.6 Å². The number of carbonyl (C=O) groups excluding carboxylic acids is 2.